The predicted octanol–water partition coefficient (Wildman–Crippen LogP) is 2.51. The van der Waals surface area contributed by atoms with Crippen molar-refractivity contribution in [3.05, 3.63) is 34.9 Å². The molecule has 0 radical (unpaired) electrons. The number of aliphatic hydroxyl groups excluding tert-OH is 1. The lowest BCUT2D eigenvalue weighted by Crippen LogP contribution is -2.46. The van der Waals surface area contributed by atoms with Crippen LogP contribution in [0.2, 0.25) is 0 Å². The van der Waals surface area contributed by atoms with Gasteiger partial charge < -0.3 is 10.0 Å². The van der Waals surface area contributed by atoms with Crippen molar-refractivity contribution in [2.24, 2.45) is 5.92 Å². The summed E-state index contributed by atoms with van der Waals surface area (Å²) in [6.45, 7) is 3.83. The molecular weight excluding hydrogens is 264 g/mol. The first-order valence-electron chi connectivity index (χ1n) is 6.81. The van der Waals surface area contributed by atoms with Gasteiger partial charge in [-0.3, -0.25) is 4.79 Å². The number of aliphatic hydroxyl groups is 1. The molecule has 1 aromatic rings. The summed E-state index contributed by atoms with van der Waals surface area (Å²) in [7, 11) is 0. The van der Waals surface area contributed by atoms with Gasteiger partial charge in [-0.15, -0.1) is 0 Å². The maximum Gasteiger partial charge on any atom is 0.257 e. The molecule has 1 aromatic carbocycles. The molecule has 2 rings (SSSR count). The number of carbonyl (C=O) groups excluding carboxylic acids is 1. The highest BCUT2D eigenvalue weighted by Gasteiger charge is 2.30. The van der Waals surface area contributed by atoms with E-state index in [9.17, 15) is 18.7 Å². The van der Waals surface area contributed by atoms with Gasteiger partial charge in [-0.1, -0.05) is 0 Å². The van der Waals surface area contributed by atoms with Crippen molar-refractivity contribution in [1.82, 2.24) is 4.90 Å². The molecule has 1 N–H and O–H groups in total. The molecule has 20 heavy (non-hydrogen) atoms. The first-order chi connectivity index (χ1) is 9.43. The van der Waals surface area contributed by atoms with Crippen molar-refractivity contribution in [2.45, 2.75) is 32.7 Å². The molecule has 1 amide bonds. The minimum Gasteiger partial charge on any atom is -0.396 e. The zero-order valence-corrected chi connectivity index (χ0v) is 11.7. The number of piperidine rings is 1. The van der Waals surface area contributed by atoms with E-state index in [1.807, 2.05) is 6.92 Å². The molecule has 0 bridgehead atoms. The van der Waals surface area contributed by atoms with Crippen LogP contribution >= 0.6 is 0 Å². The van der Waals surface area contributed by atoms with Crippen LogP contribution in [-0.2, 0) is 0 Å². The lowest BCUT2D eigenvalue weighted by atomic mass is 9.93. The summed E-state index contributed by atoms with van der Waals surface area (Å²) < 4.78 is 27.1. The predicted molar refractivity (Wildman–Crippen MR) is 71.4 cm³/mol. The van der Waals surface area contributed by atoms with E-state index in [1.165, 1.54) is 13.0 Å². The Kier molecular flexibility index (Phi) is 4.38. The zero-order chi connectivity index (χ0) is 14.9. The first kappa shape index (κ1) is 14.9. The van der Waals surface area contributed by atoms with Crippen molar-refractivity contribution in [3.8, 4) is 0 Å². The van der Waals surface area contributed by atoms with Crippen molar-refractivity contribution in [3.63, 3.8) is 0 Å². The third kappa shape index (κ3) is 2.82. The van der Waals surface area contributed by atoms with Gasteiger partial charge in [-0.2, -0.15) is 0 Å². The van der Waals surface area contributed by atoms with Crippen LogP contribution in [-0.4, -0.2) is 35.1 Å². The van der Waals surface area contributed by atoms with Gasteiger partial charge in [0.2, 0.25) is 0 Å². The maximum atomic E-state index is 13.8. The van der Waals surface area contributed by atoms with Crippen LogP contribution < -0.4 is 0 Å². The molecule has 5 heteroatoms. The minimum absolute atomic E-state index is 0.00457. The molecule has 1 fully saturated rings. The lowest BCUT2D eigenvalue weighted by molar-refractivity contribution is 0.0484. The van der Waals surface area contributed by atoms with E-state index in [2.05, 4.69) is 0 Å². The number of aryl methyl sites for hydroxylation is 1. The number of rotatable bonds is 2. The van der Waals surface area contributed by atoms with Gasteiger partial charge in [0.05, 0.1) is 5.56 Å². The van der Waals surface area contributed by atoms with E-state index in [0.29, 0.717) is 6.54 Å². The molecule has 1 aliphatic rings. The number of carbonyl (C=O) groups is 1. The van der Waals surface area contributed by atoms with Gasteiger partial charge >= 0.3 is 0 Å². The average molecular weight is 283 g/mol. The Hall–Kier alpha value is -1.49. The smallest absolute Gasteiger partial charge is 0.257 e. The minimum atomic E-state index is -0.837. The average Bonchev–Trinajstić information content (AvgIpc) is 2.42. The first-order valence-corrected chi connectivity index (χ1v) is 6.81. The van der Waals surface area contributed by atoms with E-state index >= 15 is 0 Å². The zero-order valence-electron chi connectivity index (χ0n) is 11.7. The quantitative estimate of drug-likeness (QED) is 0.906. The van der Waals surface area contributed by atoms with Crippen molar-refractivity contribution < 1.29 is 18.7 Å². The van der Waals surface area contributed by atoms with Gasteiger partial charge in [0.15, 0.2) is 0 Å². The largest absolute Gasteiger partial charge is 0.396 e. The summed E-state index contributed by atoms with van der Waals surface area (Å²) in [5.41, 5.74) is 0.146. The molecule has 1 saturated heterocycles. The Labute approximate surface area is 117 Å². The molecule has 0 spiro atoms. The highest BCUT2D eigenvalue weighted by atomic mass is 19.1. The lowest BCUT2D eigenvalue weighted by Gasteiger charge is -2.37. The summed E-state index contributed by atoms with van der Waals surface area (Å²) in [6.07, 6.45) is 1.63. The number of amides is 1. The fourth-order valence-corrected chi connectivity index (χ4v) is 2.59. The molecule has 1 aliphatic heterocycles. The van der Waals surface area contributed by atoms with Crippen LogP contribution in [0.3, 0.4) is 0 Å². The Bertz CT molecular complexity index is 519. The van der Waals surface area contributed by atoms with E-state index in [0.717, 1.165) is 18.9 Å². The van der Waals surface area contributed by atoms with Crippen LogP contribution in [0, 0.1) is 24.5 Å². The third-order valence-corrected chi connectivity index (χ3v) is 3.98. The summed E-state index contributed by atoms with van der Waals surface area (Å²) in [6, 6.07) is 2.00. The second-order valence-corrected chi connectivity index (χ2v) is 5.51. The molecule has 0 aliphatic carbocycles. The number of halogens is 2. The fourth-order valence-electron chi connectivity index (χ4n) is 2.59. The van der Waals surface area contributed by atoms with E-state index < -0.39 is 17.5 Å². The number of benzene rings is 1. The molecule has 1 heterocycles. The molecule has 2 atom stereocenters. The molecule has 2 unspecified atom stereocenters. The fraction of sp³-hybridized carbons (Fsp3) is 0.533. The van der Waals surface area contributed by atoms with E-state index in [4.69, 9.17) is 0 Å². The highest BCUT2D eigenvalue weighted by Crippen LogP contribution is 2.25. The summed E-state index contributed by atoms with van der Waals surface area (Å²) >= 11 is 0. The van der Waals surface area contributed by atoms with Crippen LogP contribution in [0.25, 0.3) is 0 Å². The second-order valence-electron chi connectivity index (χ2n) is 5.51. The standard InChI is InChI=1S/C15H19F2NO2/c1-9-5-12(14(17)6-13(9)16)15(20)18-7-11(8-19)4-3-10(18)2/h5-6,10-11,19H,3-4,7-8H2,1-2H3. The Morgan fingerprint density at radius 1 is 1.35 bits per heavy atom. The van der Waals surface area contributed by atoms with Gasteiger partial charge in [0.1, 0.15) is 11.6 Å². The van der Waals surface area contributed by atoms with Gasteiger partial charge in [-0.05, 0) is 44.2 Å². The van der Waals surface area contributed by atoms with Crippen LogP contribution in [0.15, 0.2) is 12.1 Å². The number of likely N-dealkylation sites (tertiary alicyclic amines) is 1. The highest BCUT2D eigenvalue weighted by molar-refractivity contribution is 5.95. The summed E-state index contributed by atoms with van der Waals surface area (Å²) in [4.78, 5) is 14.0. The maximum absolute atomic E-state index is 13.8. The number of hydrogen-bond donors (Lipinski definition) is 1. The van der Waals surface area contributed by atoms with Crippen molar-refractivity contribution in [1.29, 1.82) is 0 Å². The molecule has 0 saturated carbocycles. The Morgan fingerprint density at radius 2 is 2.05 bits per heavy atom. The second kappa shape index (κ2) is 5.87. The third-order valence-electron chi connectivity index (χ3n) is 3.98. The normalized spacial score (nSPS) is 22.9. The van der Waals surface area contributed by atoms with Crippen molar-refractivity contribution in [2.75, 3.05) is 13.2 Å². The topological polar surface area (TPSA) is 40.5 Å². The molecule has 3 nitrogen and oxygen atoms in total. The van der Waals surface area contributed by atoms with Gasteiger partial charge in [0, 0.05) is 25.3 Å². The van der Waals surface area contributed by atoms with Crippen LogP contribution in [0.1, 0.15) is 35.7 Å². The number of nitrogens with zero attached hydrogens (tertiary/aromatic N) is 1. The van der Waals surface area contributed by atoms with Crippen molar-refractivity contribution >= 4 is 5.91 Å². The van der Waals surface area contributed by atoms with Crippen LogP contribution in [0.5, 0.6) is 0 Å². The summed E-state index contributed by atoms with van der Waals surface area (Å²) in [5.74, 6) is -1.90. The van der Waals surface area contributed by atoms with E-state index in [-0.39, 0.29) is 29.7 Å². The molecule has 110 valence electrons. The monoisotopic (exact) mass is 283 g/mol. The van der Waals surface area contributed by atoms with Gasteiger partial charge in [-0.25, -0.2) is 8.78 Å². The Balaban J connectivity index is 2.28. The van der Waals surface area contributed by atoms with Crippen LogP contribution in [0.4, 0.5) is 8.78 Å². The number of hydrogen-bond acceptors (Lipinski definition) is 2. The van der Waals surface area contributed by atoms with Gasteiger partial charge in [0.25, 0.3) is 5.91 Å². The molecule has 0 aromatic heterocycles. The molecular formula is C15H19F2NO2. The van der Waals surface area contributed by atoms with E-state index in [1.54, 1.807) is 4.90 Å². The summed E-state index contributed by atoms with van der Waals surface area (Å²) in [5, 5.41) is 9.22. The Morgan fingerprint density at radius 3 is 2.70 bits per heavy atom. The SMILES string of the molecule is Cc1cc(C(=O)N2CC(CO)CCC2C)c(F)cc1F.